The van der Waals surface area contributed by atoms with Gasteiger partial charge in [0.2, 0.25) is 0 Å². The van der Waals surface area contributed by atoms with Crippen molar-refractivity contribution in [3.05, 3.63) is 64.6 Å². The number of likely N-dealkylation sites (tertiary alicyclic amines) is 1. The molecule has 6 nitrogen and oxygen atoms in total. The third kappa shape index (κ3) is 8.79. The fourth-order valence-corrected chi connectivity index (χ4v) is 7.23. The molecule has 0 saturated carbocycles. The van der Waals surface area contributed by atoms with E-state index < -0.39 is 0 Å². The van der Waals surface area contributed by atoms with Gasteiger partial charge in [-0.25, -0.2) is 4.98 Å². The number of nitrogens with one attached hydrogen (secondary N) is 1. The van der Waals surface area contributed by atoms with Crippen LogP contribution < -0.4 is 0 Å². The summed E-state index contributed by atoms with van der Waals surface area (Å²) in [5, 5.41) is 10.0. The minimum absolute atomic E-state index is 0.0408. The largest absolute Gasteiger partial charge is 0.390 e. The lowest BCUT2D eigenvalue weighted by atomic mass is 9.70. The number of aryl methyl sites for hydroxylation is 1. The van der Waals surface area contributed by atoms with E-state index in [1.165, 1.54) is 61.9 Å². The number of imidazole rings is 1. The summed E-state index contributed by atoms with van der Waals surface area (Å²) in [6.45, 7) is 17.2. The summed E-state index contributed by atoms with van der Waals surface area (Å²) in [6, 6.07) is 4.52. The maximum atomic E-state index is 10.0. The highest BCUT2D eigenvalue weighted by atomic mass is 16.3. The zero-order valence-corrected chi connectivity index (χ0v) is 27.5. The van der Waals surface area contributed by atoms with E-state index in [1.54, 1.807) is 0 Å². The Kier molecular flexibility index (Phi) is 11.1. The number of aromatic amines is 1. The first-order chi connectivity index (χ1) is 20.0. The normalized spacial score (nSPS) is 19.2. The number of piperidine rings is 1. The first-order valence-electron chi connectivity index (χ1n) is 16.4. The van der Waals surface area contributed by atoms with Crippen molar-refractivity contribution in [1.29, 1.82) is 0 Å². The van der Waals surface area contributed by atoms with Crippen molar-refractivity contribution in [2.45, 2.75) is 119 Å². The number of pyridine rings is 1. The first kappa shape index (κ1) is 32.5. The third-order valence-electron chi connectivity index (χ3n) is 9.99. The first-order valence-corrected chi connectivity index (χ1v) is 16.4. The molecule has 2 aliphatic rings. The Morgan fingerprint density at radius 1 is 1.17 bits per heavy atom. The molecule has 0 bridgehead atoms. The number of aliphatic hydroxyl groups is 1. The molecule has 1 atom stereocenters. The second-order valence-corrected chi connectivity index (χ2v) is 14.6. The van der Waals surface area contributed by atoms with Crippen LogP contribution >= 0.6 is 0 Å². The maximum absolute atomic E-state index is 10.0. The number of hydrogen-bond donors (Lipinski definition) is 2. The lowest BCUT2D eigenvalue weighted by Gasteiger charge is -2.38. The van der Waals surface area contributed by atoms with E-state index in [0.717, 1.165) is 49.1 Å². The van der Waals surface area contributed by atoms with Crippen LogP contribution in [0.1, 0.15) is 127 Å². The van der Waals surface area contributed by atoms with Crippen LogP contribution in [-0.4, -0.2) is 50.0 Å². The molecular weight excluding hydrogens is 518 g/mol. The summed E-state index contributed by atoms with van der Waals surface area (Å²) < 4.78 is 0. The highest BCUT2D eigenvalue weighted by Gasteiger charge is 2.29. The van der Waals surface area contributed by atoms with Gasteiger partial charge in [-0.15, -0.1) is 0 Å². The molecule has 1 aliphatic heterocycles. The van der Waals surface area contributed by atoms with Gasteiger partial charge in [-0.1, -0.05) is 53.2 Å². The predicted octanol–water partition coefficient (Wildman–Crippen LogP) is 8.07. The molecule has 6 heteroatoms. The van der Waals surface area contributed by atoms with Gasteiger partial charge in [0.1, 0.15) is 5.82 Å². The number of rotatable bonds is 13. The number of allylic oxidation sites excluding steroid dienone is 3. The van der Waals surface area contributed by atoms with Gasteiger partial charge >= 0.3 is 0 Å². The molecule has 3 heterocycles. The van der Waals surface area contributed by atoms with Gasteiger partial charge in [0, 0.05) is 31.5 Å². The summed E-state index contributed by atoms with van der Waals surface area (Å²) in [5.74, 6) is 1.64. The molecule has 2 N–H and O–H groups in total. The molecule has 2 aromatic heterocycles. The smallest absolute Gasteiger partial charge is 0.130 e. The van der Waals surface area contributed by atoms with Crippen LogP contribution in [0.3, 0.4) is 0 Å². The van der Waals surface area contributed by atoms with Gasteiger partial charge in [0.05, 0.1) is 29.7 Å². The summed E-state index contributed by atoms with van der Waals surface area (Å²) >= 11 is 0. The third-order valence-corrected chi connectivity index (χ3v) is 9.99. The zero-order valence-electron chi connectivity index (χ0n) is 27.5. The Bertz CT molecular complexity index is 1200. The zero-order chi connectivity index (χ0) is 30.3. The molecule has 42 heavy (non-hydrogen) atoms. The molecule has 1 fully saturated rings. The summed E-state index contributed by atoms with van der Waals surface area (Å²) in [6.07, 6.45) is 19.4. The lowest BCUT2D eigenvalue weighted by molar-refractivity contribution is 0.150. The molecule has 2 aromatic rings. The molecular formula is C36H57N5O. The quantitative estimate of drug-likeness (QED) is 0.236. The fourth-order valence-electron chi connectivity index (χ4n) is 7.23. The standard InChI is InChI=1S/C36H57N5O/c1-8-35(3,4)26-36(5,6)20-17-28-18-22-41(23-19-28)27(2)12-9-16-33-38-30(31(25-42)39-33)24-40(7)32-15-10-13-29-14-11-21-37-34(29)32/h9,11-12,14,16,21,28,32,42H,8,10,13,15,17-20,22-26H2,1-7H3,(H,38,39)/b16-9-,27-12+. The molecule has 1 saturated heterocycles. The number of aliphatic hydroxyl groups excluding tert-OH is 1. The number of fused-ring (bicyclic) bond motifs is 1. The van der Waals surface area contributed by atoms with E-state index >= 15 is 0 Å². The monoisotopic (exact) mass is 575 g/mol. The van der Waals surface area contributed by atoms with Gasteiger partial charge in [0.25, 0.3) is 0 Å². The van der Waals surface area contributed by atoms with Crippen molar-refractivity contribution < 1.29 is 5.11 Å². The van der Waals surface area contributed by atoms with Crippen LogP contribution in [0.25, 0.3) is 6.08 Å². The summed E-state index contributed by atoms with van der Waals surface area (Å²) in [5.41, 5.74) is 6.43. The van der Waals surface area contributed by atoms with E-state index in [-0.39, 0.29) is 12.6 Å². The lowest BCUT2D eigenvalue weighted by Crippen LogP contribution is -2.33. The van der Waals surface area contributed by atoms with Crippen LogP contribution in [-0.2, 0) is 19.6 Å². The average molecular weight is 576 g/mol. The predicted molar refractivity (Wildman–Crippen MR) is 175 cm³/mol. The molecule has 0 aromatic carbocycles. The summed E-state index contributed by atoms with van der Waals surface area (Å²) in [4.78, 5) is 17.7. The van der Waals surface area contributed by atoms with Crippen molar-refractivity contribution in [1.82, 2.24) is 24.8 Å². The number of aromatic nitrogens is 3. The molecule has 0 spiro atoms. The van der Waals surface area contributed by atoms with Crippen molar-refractivity contribution in [3.8, 4) is 0 Å². The van der Waals surface area contributed by atoms with Crippen molar-refractivity contribution in [2.75, 3.05) is 20.1 Å². The van der Waals surface area contributed by atoms with Gasteiger partial charge in [-0.2, -0.15) is 0 Å². The Morgan fingerprint density at radius 2 is 1.93 bits per heavy atom. The average Bonchev–Trinajstić information content (AvgIpc) is 3.36. The van der Waals surface area contributed by atoms with Crippen molar-refractivity contribution >= 4 is 6.08 Å². The van der Waals surface area contributed by atoms with Crippen LogP contribution in [0.5, 0.6) is 0 Å². The minimum Gasteiger partial charge on any atom is -0.390 e. The van der Waals surface area contributed by atoms with E-state index in [1.807, 2.05) is 18.3 Å². The highest BCUT2D eigenvalue weighted by molar-refractivity contribution is 5.45. The van der Waals surface area contributed by atoms with E-state index in [9.17, 15) is 5.11 Å². The Labute approximate surface area is 255 Å². The van der Waals surface area contributed by atoms with E-state index in [0.29, 0.717) is 17.4 Å². The highest BCUT2D eigenvalue weighted by Crippen LogP contribution is 2.40. The molecule has 232 valence electrons. The van der Waals surface area contributed by atoms with Crippen LogP contribution in [0.15, 0.2) is 36.2 Å². The molecule has 0 radical (unpaired) electrons. The topological polar surface area (TPSA) is 68.3 Å². The minimum atomic E-state index is -0.0408. The molecule has 1 unspecified atom stereocenters. The van der Waals surface area contributed by atoms with Crippen LogP contribution in [0.4, 0.5) is 0 Å². The number of H-pyrrole nitrogens is 1. The van der Waals surface area contributed by atoms with Crippen LogP contribution in [0.2, 0.25) is 0 Å². The van der Waals surface area contributed by atoms with E-state index in [2.05, 4.69) is 81.6 Å². The van der Waals surface area contributed by atoms with Crippen molar-refractivity contribution in [3.63, 3.8) is 0 Å². The number of hydrogen-bond acceptors (Lipinski definition) is 5. The molecule has 1 aliphatic carbocycles. The van der Waals surface area contributed by atoms with Gasteiger partial charge in [-0.05, 0) is 106 Å². The van der Waals surface area contributed by atoms with Crippen molar-refractivity contribution in [2.24, 2.45) is 16.7 Å². The molecule has 4 rings (SSSR count). The van der Waals surface area contributed by atoms with Gasteiger partial charge in [-0.3, -0.25) is 9.88 Å². The Balaban J connectivity index is 1.28. The van der Waals surface area contributed by atoms with Gasteiger partial charge in [0.15, 0.2) is 0 Å². The molecule has 0 amide bonds. The SMILES string of the molecule is CCC(C)(C)CC(C)(C)CCC1CCN(/C(C)=C/C=C\c2nc(CN(C)C3CCCc4cccnc43)c(CO)[nH]2)CC1. The number of nitrogens with zero attached hydrogens (tertiary/aromatic N) is 4. The second-order valence-electron chi connectivity index (χ2n) is 14.6. The maximum Gasteiger partial charge on any atom is 0.130 e. The van der Waals surface area contributed by atoms with E-state index in [4.69, 9.17) is 9.97 Å². The Hall–Kier alpha value is -2.44. The second kappa shape index (κ2) is 14.4. The summed E-state index contributed by atoms with van der Waals surface area (Å²) in [7, 11) is 2.14. The van der Waals surface area contributed by atoms with Gasteiger partial charge < -0.3 is 15.0 Å². The fraction of sp³-hybridized carbons (Fsp3) is 0.667. The van der Waals surface area contributed by atoms with Crippen LogP contribution in [0, 0.1) is 16.7 Å². The Morgan fingerprint density at radius 3 is 2.64 bits per heavy atom.